The number of aryl methyl sites for hydroxylation is 2. The summed E-state index contributed by atoms with van der Waals surface area (Å²) in [5, 5.41) is 10.7. The van der Waals surface area contributed by atoms with E-state index in [1.54, 1.807) is 6.20 Å². The van der Waals surface area contributed by atoms with Gasteiger partial charge in [-0.3, -0.25) is 10.1 Å². The summed E-state index contributed by atoms with van der Waals surface area (Å²) in [6.07, 6.45) is 5.48. The van der Waals surface area contributed by atoms with Crippen molar-refractivity contribution in [2.45, 2.75) is 20.4 Å². The Bertz CT molecular complexity index is 732. The number of hydrogen-bond acceptors (Lipinski definition) is 3. The Morgan fingerprint density at radius 3 is 2.86 bits per heavy atom. The maximum absolute atomic E-state index is 4.16. The molecule has 0 aliphatic carbocycles. The summed E-state index contributed by atoms with van der Waals surface area (Å²) in [7, 11) is 0. The van der Waals surface area contributed by atoms with Crippen LogP contribution < -0.4 is 5.32 Å². The van der Waals surface area contributed by atoms with E-state index in [2.05, 4.69) is 52.5 Å². The van der Waals surface area contributed by atoms with Crippen molar-refractivity contribution in [2.24, 2.45) is 0 Å². The molecule has 0 radical (unpaired) electrons. The Hall–Kier alpha value is -2.62. The van der Waals surface area contributed by atoms with Crippen molar-refractivity contribution in [3.05, 3.63) is 65.6 Å². The Balaban J connectivity index is 1.81. The van der Waals surface area contributed by atoms with Crippen molar-refractivity contribution in [2.75, 3.05) is 5.32 Å². The molecule has 0 aliphatic rings. The van der Waals surface area contributed by atoms with Gasteiger partial charge in [-0.05, 0) is 43.2 Å². The standard InChI is InChI=1S/C17H18N4/c1-12-5-6-13(2)16(8-12)19-10-15-11-20-21-17(15)14-4-3-7-18-9-14/h3-9,11,19H,10H2,1-2H3,(H,20,21). The van der Waals surface area contributed by atoms with Crippen molar-refractivity contribution in [1.29, 1.82) is 0 Å². The van der Waals surface area contributed by atoms with Gasteiger partial charge in [-0.25, -0.2) is 0 Å². The Morgan fingerprint density at radius 2 is 2.05 bits per heavy atom. The van der Waals surface area contributed by atoms with Crippen LogP contribution in [0.2, 0.25) is 0 Å². The molecular formula is C17H18N4. The first kappa shape index (κ1) is 13.4. The predicted octanol–water partition coefficient (Wildman–Crippen LogP) is 3.70. The van der Waals surface area contributed by atoms with Crippen LogP contribution in [0.15, 0.2) is 48.9 Å². The van der Waals surface area contributed by atoms with Crippen LogP contribution in [0.4, 0.5) is 5.69 Å². The highest BCUT2D eigenvalue weighted by Gasteiger charge is 2.08. The third-order valence-corrected chi connectivity index (χ3v) is 3.53. The topological polar surface area (TPSA) is 53.6 Å². The molecule has 3 rings (SSSR count). The maximum atomic E-state index is 4.16. The highest BCUT2D eigenvalue weighted by molar-refractivity contribution is 5.62. The fourth-order valence-corrected chi connectivity index (χ4v) is 2.32. The van der Waals surface area contributed by atoms with Gasteiger partial charge in [0.05, 0.1) is 11.9 Å². The molecule has 0 unspecified atom stereocenters. The van der Waals surface area contributed by atoms with Crippen LogP contribution in [-0.4, -0.2) is 15.2 Å². The number of H-pyrrole nitrogens is 1. The van der Waals surface area contributed by atoms with Gasteiger partial charge in [0.1, 0.15) is 0 Å². The molecule has 4 nitrogen and oxygen atoms in total. The van der Waals surface area contributed by atoms with E-state index < -0.39 is 0 Å². The molecule has 3 aromatic rings. The molecule has 0 saturated carbocycles. The van der Waals surface area contributed by atoms with E-state index in [0.29, 0.717) is 0 Å². The molecular weight excluding hydrogens is 260 g/mol. The smallest absolute Gasteiger partial charge is 0.0715 e. The van der Waals surface area contributed by atoms with E-state index in [1.807, 2.05) is 24.5 Å². The summed E-state index contributed by atoms with van der Waals surface area (Å²) < 4.78 is 0. The van der Waals surface area contributed by atoms with Crippen molar-refractivity contribution in [1.82, 2.24) is 15.2 Å². The van der Waals surface area contributed by atoms with Gasteiger partial charge in [-0.1, -0.05) is 12.1 Å². The minimum absolute atomic E-state index is 0.727. The van der Waals surface area contributed by atoms with Gasteiger partial charge in [0.15, 0.2) is 0 Å². The highest BCUT2D eigenvalue weighted by atomic mass is 15.1. The third-order valence-electron chi connectivity index (χ3n) is 3.53. The predicted molar refractivity (Wildman–Crippen MR) is 85.1 cm³/mol. The zero-order valence-corrected chi connectivity index (χ0v) is 12.2. The zero-order valence-electron chi connectivity index (χ0n) is 12.2. The molecule has 0 atom stereocenters. The van der Waals surface area contributed by atoms with Crippen LogP contribution in [0.3, 0.4) is 0 Å². The summed E-state index contributed by atoms with van der Waals surface area (Å²) >= 11 is 0. The summed E-state index contributed by atoms with van der Waals surface area (Å²) in [5.41, 5.74) is 6.85. The summed E-state index contributed by atoms with van der Waals surface area (Å²) in [6.45, 7) is 4.94. The first-order chi connectivity index (χ1) is 10.2. The number of pyridine rings is 1. The van der Waals surface area contributed by atoms with Crippen LogP contribution in [-0.2, 0) is 6.54 Å². The zero-order chi connectivity index (χ0) is 14.7. The number of benzene rings is 1. The van der Waals surface area contributed by atoms with Crippen LogP contribution in [0.25, 0.3) is 11.3 Å². The fraction of sp³-hybridized carbons (Fsp3) is 0.176. The molecule has 0 bridgehead atoms. The van der Waals surface area contributed by atoms with Crippen LogP contribution in [0.1, 0.15) is 16.7 Å². The van der Waals surface area contributed by atoms with Crippen LogP contribution in [0.5, 0.6) is 0 Å². The molecule has 21 heavy (non-hydrogen) atoms. The van der Waals surface area contributed by atoms with Gasteiger partial charge >= 0.3 is 0 Å². The maximum Gasteiger partial charge on any atom is 0.0715 e. The summed E-state index contributed by atoms with van der Waals surface area (Å²) in [5.74, 6) is 0. The fourth-order valence-electron chi connectivity index (χ4n) is 2.32. The Morgan fingerprint density at radius 1 is 1.14 bits per heavy atom. The number of nitrogens with one attached hydrogen (secondary N) is 2. The second kappa shape index (κ2) is 5.79. The molecule has 0 saturated heterocycles. The number of anilines is 1. The van der Waals surface area contributed by atoms with E-state index in [0.717, 1.165) is 29.1 Å². The van der Waals surface area contributed by atoms with Crippen molar-refractivity contribution in [3.8, 4) is 11.3 Å². The normalized spacial score (nSPS) is 10.6. The second-order valence-electron chi connectivity index (χ2n) is 5.18. The molecule has 0 fully saturated rings. The van der Waals surface area contributed by atoms with Gasteiger partial charge in [0.2, 0.25) is 0 Å². The number of aromatic amines is 1. The number of rotatable bonds is 4. The van der Waals surface area contributed by atoms with Crippen LogP contribution in [0, 0.1) is 13.8 Å². The van der Waals surface area contributed by atoms with E-state index in [1.165, 1.54) is 11.1 Å². The minimum atomic E-state index is 0.727. The molecule has 2 heterocycles. The van der Waals surface area contributed by atoms with E-state index >= 15 is 0 Å². The van der Waals surface area contributed by atoms with E-state index in [9.17, 15) is 0 Å². The van der Waals surface area contributed by atoms with Gasteiger partial charge in [0, 0.05) is 35.8 Å². The minimum Gasteiger partial charge on any atom is -0.381 e. The van der Waals surface area contributed by atoms with Gasteiger partial charge in [-0.15, -0.1) is 0 Å². The lowest BCUT2D eigenvalue weighted by Gasteiger charge is -2.10. The molecule has 2 N–H and O–H groups in total. The van der Waals surface area contributed by atoms with Crippen molar-refractivity contribution < 1.29 is 0 Å². The highest BCUT2D eigenvalue weighted by Crippen LogP contribution is 2.22. The van der Waals surface area contributed by atoms with Crippen molar-refractivity contribution in [3.63, 3.8) is 0 Å². The molecule has 0 amide bonds. The van der Waals surface area contributed by atoms with Crippen molar-refractivity contribution >= 4 is 5.69 Å². The Labute approximate surface area is 124 Å². The first-order valence-corrected chi connectivity index (χ1v) is 6.98. The van der Waals surface area contributed by atoms with Gasteiger partial charge in [0.25, 0.3) is 0 Å². The number of hydrogen-bond donors (Lipinski definition) is 2. The molecule has 2 aromatic heterocycles. The molecule has 106 valence electrons. The monoisotopic (exact) mass is 278 g/mol. The second-order valence-corrected chi connectivity index (χ2v) is 5.18. The van der Waals surface area contributed by atoms with Crippen LogP contribution >= 0.6 is 0 Å². The third kappa shape index (κ3) is 2.94. The lowest BCUT2D eigenvalue weighted by molar-refractivity contribution is 1.09. The Kier molecular flexibility index (Phi) is 3.69. The number of aromatic nitrogens is 3. The largest absolute Gasteiger partial charge is 0.381 e. The lowest BCUT2D eigenvalue weighted by atomic mass is 10.1. The number of nitrogens with zero attached hydrogens (tertiary/aromatic N) is 2. The average molecular weight is 278 g/mol. The molecule has 1 aromatic carbocycles. The SMILES string of the molecule is Cc1ccc(C)c(NCc2cn[nH]c2-c2cccnc2)c1. The summed E-state index contributed by atoms with van der Waals surface area (Å²) in [6, 6.07) is 10.4. The van der Waals surface area contributed by atoms with E-state index in [-0.39, 0.29) is 0 Å². The quantitative estimate of drug-likeness (QED) is 0.765. The molecule has 0 spiro atoms. The summed E-state index contributed by atoms with van der Waals surface area (Å²) in [4.78, 5) is 4.16. The molecule has 4 heteroatoms. The first-order valence-electron chi connectivity index (χ1n) is 6.98. The van der Waals surface area contributed by atoms with E-state index in [4.69, 9.17) is 0 Å². The van der Waals surface area contributed by atoms with Gasteiger partial charge < -0.3 is 5.32 Å². The average Bonchev–Trinajstić information content (AvgIpc) is 2.97. The lowest BCUT2D eigenvalue weighted by Crippen LogP contribution is -2.02. The molecule has 0 aliphatic heterocycles. The van der Waals surface area contributed by atoms with Gasteiger partial charge in [-0.2, -0.15) is 5.10 Å².